The zero-order chi connectivity index (χ0) is 16.8. The summed E-state index contributed by atoms with van der Waals surface area (Å²) >= 11 is 0. The minimum atomic E-state index is -0.461. The Morgan fingerprint density at radius 1 is 1.48 bits per heavy atom. The molecule has 1 aromatic carbocycles. The molecule has 0 unspecified atom stereocenters. The van der Waals surface area contributed by atoms with E-state index in [-0.39, 0.29) is 17.8 Å². The van der Waals surface area contributed by atoms with E-state index in [2.05, 4.69) is 4.99 Å². The van der Waals surface area contributed by atoms with Gasteiger partial charge >= 0.3 is 0 Å². The van der Waals surface area contributed by atoms with Crippen LogP contribution in [0.2, 0.25) is 0 Å². The van der Waals surface area contributed by atoms with Crippen LogP contribution in [0.25, 0.3) is 0 Å². The van der Waals surface area contributed by atoms with Gasteiger partial charge in [-0.15, -0.1) is 0 Å². The van der Waals surface area contributed by atoms with Gasteiger partial charge in [-0.3, -0.25) is 10.2 Å². The van der Waals surface area contributed by atoms with Gasteiger partial charge in [0.05, 0.1) is 12.0 Å². The first-order chi connectivity index (χ1) is 11.0. The second kappa shape index (κ2) is 7.59. The van der Waals surface area contributed by atoms with Crippen molar-refractivity contribution in [3.63, 3.8) is 0 Å². The molecule has 0 aliphatic carbocycles. The molecular weight excluding hydrogens is 298 g/mol. The highest BCUT2D eigenvalue weighted by Gasteiger charge is 2.23. The maximum absolute atomic E-state index is 11.4. The number of carbonyl (C=O) groups is 1. The molecular formula is C15H21N5O3. The van der Waals surface area contributed by atoms with Crippen LogP contribution < -0.4 is 16.2 Å². The van der Waals surface area contributed by atoms with Crippen LogP contribution in [0.5, 0.6) is 5.75 Å². The highest BCUT2D eigenvalue weighted by atomic mass is 16.5. The quantitative estimate of drug-likeness (QED) is 0.350. The molecule has 1 aromatic rings. The number of nitrogens with one attached hydrogen (secondary N) is 1. The summed E-state index contributed by atoms with van der Waals surface area (Å²) in [5.41, 5.74) is 12.1. The average Bonchev–Trinajstić information content (AvgIpc) is 2.56. The van der Waals surface area contributed by atoms with E-state index in [1.165, 1.54) is 0 Å². The van der Waals surface area contributed by atoms with E-state index in [0.29, 0.717) is 42.9 Å². The van der Waals surface area contributed by atoms with Gasteiger partial charge in [0.2, 0.25) is 5.91 Å². The fourth-order valence-corrected chi connectivity index (χ4v) is 2.45. The van der Waals surface area contributed by atoms with Crippen molar-refractivity contribution in [2.75, 3.05) is 25.4 Å². The smallest absolute Gasteiger partial charge is 0.248 e. The van der Waals surface area contributed by atoms with E-state index in [1.807, 2.05) is 0 Å². The Morgan fingerprint density at radius 3 is 2.74 bits per heavy atom. The molecule has 0 radical (unpaired) electrons. The Kier molecular flexibility index (Phi) is 5.53. The zero-order valence-electron chi connectivity index (χ0n) is 12.7. The number of anilines is 1. The number of ether oxygens (including phenoxy) is 1. The molecule has 1 heterocycles. The molecule has 1 amide bonds. The highest BCUT2D eigenvalue weighted by molar-refractivity contribution is 6.01. The molecule has 8 nitrogen and oxygen atoms in total. The normalized spacial score (nSPS) is 15.8. The van der Waals surface area contributed by atoms with Gasteiger partial charge < -0.3 is 26.2 Å². The second-order valence-corrected chi connectivity index (χ2v) is 5.24. The summed E-state index contributed by atoms with van der Waals surface area (Å²) < 4.78 is 5.88. The molecule has 1 saturated heterocycles. The minimum Gasteiger partial charge on any atom is -0.488 e. The highest BCUT2D eigenvalue weighted by Crippen LogP contribution is 2.26. The second-order valence-electron chi connectivity index (χ2n) is 5.24. The number of carbonyl (C=O) groups excluding carboxylic acids is 1. The van der Waals surface area contributed by atoms with Gasteiger partial charge in [-0.1, -0.05) is 0 Å². The summed E-state index contributed by atoms with van der Waals surface area (Å²) in [6.45, 7) is 0.646. The van der Waals surface area contributed by atoms with E-state index < -0.39 is 6.61 Å². The fraction of sp³-hybridized carbons (Fsp3) is 0.400. The van der Waals surface area contributed by atoms with Crippen molar-refractivity contribution in [3.05, 3.63) is 23.8 Å². The van der Waals surface area contributed by atoms with Gasteiger partial charge in [0.15, 0.2) is 5.84 Å². The van der Waals surface area contributed by atoms with Crippen molar-refractivity contribution in [3.8, 4) is 5.75 Å². The number of nitrogens with zero attached hydrogens (tertiary/aromatic N) is 2. The van der Waals surface area contributed by atoms with Gasteiger partial charge in [0.25, 0.3) is 0 Å². The predicted octanol–water partition coefficient (Wildman–Crippen LogP) is -0.0567. The molecule has 0 saturated carbocycles. The molecule has 8 heteroatoms. The first-order valence-corrected chi connectivity index (χ1v) is 7.33. The van der Waals surface area contributed by atoms with Gasteiger partial charge in [-0.2, -0.15) is 0 Å². The van der Waals surface area contributed by atoms with Crippen LogP contribution in [-0.2, 0) is 4.79 Å². The molecule has 124 valence electrons. The third-order valence-corrected chi connectivity index (χ3v) is 3.71. The number of hydrogen-bond donors (Lipinski definition) is 4. The Labute approximate surface area is 134 Å². The van der Waals surface area contributed by atoms with E-state index >= 15 is 0 Å². The average molecular weight is 319 g/mol. The summed E-state index contributed by atoms with van der Waals surface area (Å²) in [5.74, 6) is 0.318. The molecule has 1 aliphatic heterocycles. The third-order valence-electron chi connectivity index (χ3n) is 3.71. The lowest BCUT2D eigenvalue weighted by Gasteiger charge is -2.32. The van der Waals surface area contributed by atoms with E-state index in [0.717, 1.165) is 6.34 Å². The number of aliphatic hydroxyl groups is 1. The maximum Gasteiger partial charge on any atom is 0.248 e. The standard InChI is InChI=1S/C15H21N5O3/c16-9-19-15(18)10-1-2-13(12(17)7-10)23-11-3-5-20(6-4-11)14(22)8-21/h1-2,7,9,11,21H,3-6,8,17H2,(H3,16,18,19). The Balaban J connectivity index is 1.96. The maximum atomic E-state index is 11.4. The minimum absolute atomic E-state index is 0.0292. The van der Waals surface area contributed by atoms with Crippen molar-refractivity contribution in [1.29, 1.82) is 5.41 Å². The van der Waals surface area contributed by atoms with Gasteiger partial charge in [0.1, 0.15) is 18.5 Å². The molecule has 6 N–H and O–H groups in total. The van der Waals surface area contributed by atoms with E-state index in [9.17, 15) is 4.79 Å². The number of piperidine rings is 1. The van der Waals surface area contributed by atoms with Crippen LogP contribution in [0.15, 0.2) is 23.2 Å². The molecule has 0 atom stereocenters. The number of likely N-dealkylation sites (tertiary alicyclic amines) is 1. The molecule has 0 aromatic heterocycles. The first-order valence-electron chi connectivity index (χ1n) is 7.33. The van der Waals surface area contributed by atoms with Crippen molar-refractivity contribution in [1.82, 2.24) is 4.90 Å². The number of aliphatic hydroxyl groups excluding tert-OH is 1. The van der Waals surface area contributed by atoms with Crippen LogP contribution >= 0.6 is 0 Å². The summed E-state index contributed by atoms with van der Waals surface area (Å²) in [6, 6.07) is 5.02. The van der Waals surface area contributed by atoms with Crippen LogP contribution in [0.3, 0.4) is 0 Å². The lowest BCUT2D eigenvalue weighted by molar-refractivity contribution is -0.135. The topological polar surface area (TPSA) is 138 Å². The van der Waals surface area contributed by atoms with Gasteiger partial charge in [0, 0.05) is 31.5 Å². The van der Waals surface area contributed by atoms with Crippen LogP contribution in [0.1, 0.15) is 18.4 Å². The monoisotopic (exact) mass is 319 g/mol. The lowest BCUT2D eigenvalue weighted by atomic mass is 10.1. The number of aliphatic imine (C=N–C) groups is 1. The van der Waals surface area contributed by atoms with Crippen molar-refractivity contribution in [2.24, 2.45) is 10.7 Å². The molecule has 0 bridgehead atoms. The summed E-state index contributed by atoms with van der Waals surface area (Å²) in [5, 5.41) is 16.6. The summed E-state index contributed by atoms with van der Waals surface area (Å²) in [6.07, 6.45) is 2.39. The molecule has 23 heavy (non-hydrogen) atoms. The summed E-state index contributed by atoms with van der Waals surface area (Å²) in [4.78, 5) is 16.7. The molecule has 0 spiro atoms. The Morgan fingerprint density at radius 2 is 2.17 bits per heavy atom. The number of amidine groups is 1. The zero-order valence-corrected chi connectivity index (χ0v) is 12.7. The number of nitrogens with two attached hydrogens (primary N) is 2. The van der Waals surface area contributed by atoms with E-state index in [1.54, 1.807) is 23.1 Å². The van der Waals surface area contributed by atoms with Crippen molar-refractivity contribution in [2.45, 2.75) is 18.9 Å². The van der Waals surface area contributed by atoms with E-state index in [4.69, 9.17) is 26.7 Å². The fourth-order valence-electron chi connectivity index (χ4n) is 2.45. The number of benzene rings is 1. The number of rotatable bonds is 4. The Bertz CT molecular complexity index is 609. The van der Waals surface area contributed by atoms with Crippen LogP contribution in [0.4, 0.5) is 5.69 Å². The van der Waals surface area contributed by atoms with Gasteiger partial charge in [-0.25, -0.2) is 4.99 Å². The van der Waals surface area contributed by atoms with Crippen molar-refractivity contribution < 1.29 is 14.6 Å². The lowest BCUT2D eigenvalue weighted by Crippen LogP contribution is -2.42. The predicted molar refractivity (Wildman–Crippen MR) is 87.7 cm³/mol. The van der Waals surface area contributed by atoms with Gasteiger partial charge in [-0.05, 0) is 18.2 Å². The van der Waals surface area contributed by atoms with Crippen LogP contribution in [0, 0.1) is 5.41 Å². The van der Waals surface area contributed by atoms with Crippen molar-refractivity contribution >= 4 is 23.8 Å². The molecule has 2 rings (SSSR count). The third kappa shape index (κ3) is 4.19. The summed E-state index contributed by atoms with van der Waals surface area (Å²) in [7, 11) is 0. The Hall–Kier alpha value is -2.61. The number of hydrogen-bond acceptors (Lipinski definition) is 5. The molecule has 1 fully saturated rings. The largest absolute Gasteiger partial charge is 0.488 e. The molecule has 1 aliphatic rings. The number of nitrogen functional groups attached to an aromatic ring is 1. The SMILES string of the molecule is N=C(N=CN)c1ccc(OC2CCN(C(=O)CO)CC2)c(N)c1. The first kappa shape index (κ1) is 16.8. The number of amides is 1. The van der Waals surface area contributed by atoms with Crippen LogP contribution in [-0.4, -0.2) is 53.9 Å².